The second-order valence-corrected chi connectivity index (χ2v) is 2.28. The van der Waals surface area contributed by atoms with Crippen LogP contribution in [0.4, 0.5) is 0 Å². The van der Waals surface area contributed by atoms with Crippen molar-refractivity contribution >= 4 is 0 Å². The summed E-state index contributed by atoms with van der Waals surface area (Å²) in [5, 5.41) is 3.74. The van der Waals surface area contributed by atoms with Crippen molar-refractivity contribution in [2.75, 3.05) is 13.6 Å². The number of hydrogen-bond acceptors (Lipinski definition) is 0. The first-order chi connectivity index (χ1) is 5.35. The molecule has 0 aromatic heterocycles. The second kappa shape index (κ2) is 15.5. The Bertz CT molecular complexity index is 150. The van der Waals surface area contributed by atoms with Crippen LogP contribution in [0.25, 0.3) is 5.32 Å². The number of rotatable bonds is 2. The van der Waals surface area contributed by atoms with Crippen molar-refractivity contribution in [3.05, 3.63) is 35.1 Å². The molecule has 1 aromatic carbocycles. The average molecular weight is 421 g/mol. The van der Waals surface area contributed by atoms with Gasteiger partial charge in [-0.05, 0) is 0 Å². The van der Waals surface area contributed by atoms with Crippen LogP contribution >= 0.6 is 0 Å². The van der Waals surface area contributed by atoms with Gasteiger partial charge < -0.3 is 5.32 Å². The first-order valence-corrected chi connectivity index (χ1v) is 4.11. The summed E-state index contributed by atoms with van der Waals surface area (Å²) < 4.78 is 0. The van der Waals surface area contributed by atoms with E-state index >= 15 is 0 Å². The van der Waals surface area contributed by atoms with Crippen LogP contribution in [0, 0.1) is 0 Å². The molecule has 13 heavy (non-hydrogen) atoms. The molecular weight excluding hydrogens is 404 g/mol. The summed E-state index contributed by atoms with van der Waals surface area (Å²) in [6.07, 6.45) is 1.16. The quantitative estimate of drug-likeness (QED) is 0.516. The van der Waals surface area contributed by atoms with Crippen LogP contribution in [-0.4, -0.2) is 13.6 Å². The third kappa shape index (κ3) is 13.1. The molecule has 0 amide bonds. The van der Waals surface area contributed by atoms with Gasteiger partial charge in [0.2, 0.25) is 0 Å². The Hall–Kier alpha value is 1.06. The molecule has 70 valence electrons. The summed E-state index contributed by atoms with van der Waals surface area (Å²) in [5.41, 5.74) is 1.43. The van der Waals surface area contributed by atoms with Gasteiger partial charge in [0.05, 0.1) is 0 Å². The van der Waals surface area contributed by atoms with Gasteiger partial charge in [0, 0.05) is 25.8 Å². The standard InChI is InChI=1S/C7H9.C3H8N.Hf.Zr/c1-2-7-5-3-4-6-7;1-3-4-2;;/h3-6H,2H2,1H3;3H2,1-2H3;;/q2*-1;;+2. The number of aryl methyl sites for hydroxylation is 1. The predicted molar refractivity (Wildman–Crippen MR) is 51.2 cm³/mol. The van der Waals surface area contributed by atoms with E-state index in [2.05, 4.69) is 36.5 Å². The zero-order chi connectivity index (χ0) is 8.53. The van der Waals surface area contributed by atoms with Gasteiger partial charge in [-0.1, -0.05) is 20.3 Å². The molecule has 0 N–H and O–H groups in total. The molecule has 0 aliphatic carbocycles. The SMILES string of the molecule is CC[N-]C.CC[c-]1cccc1.[Hf].[Zr+2]. The fourth-order valence-corrected chi connectivity index (χ4v) is 0.650. The molecule has 0 aliphatic rings. The van der Waals surface area contributed by atoms with Gasteiger partial charge in [-0.2, -0.15) is 31.3 Å². The number of hydrogen-bond donors (Lipinski definition) is 0. The third-order valence-electron chi connectivity index (χ3n) is 1.46. The molecule has 1 rings (SSSR count). The van der Waals surface area contributed by atoms with E-state index in [1.165, 1.54) is 5.56 Å². The summed E-state index contributed by atoms with van der Waals surface area (Å²) in [6, 6.07) is 8.41. The topological polar surface area (TPSA) is 14.1 Å². The van der Waals surface area contributed by atoms with Crippen molar-refractivity contribution in [2.45, 2.75) is 20.3 Å². The first-order valence-electron chi connectivity index (χ1n) is 4.11. The van der Waals surface area contributed by atoms with Crippen molar-refractivity contribution in [1.29, 1.82) is 0 Å². The zero-order valence-electron chi connectivity index (χ0n) is 8.67. The Morgan fingerprint density at radius 2 is 1.54 bits per heavy atom. The van der Waals surface area contributed by atoms with Crippen molar-refractivity contribution in [3.8, 4) is 0 Å². The maximum Gasteiger partial charge on any atom is 2.00 e. The Labute approximate surface area is 120 Å². The van der Waals surface area contributed by atoms with Crippen LogP contribution in [0.2, 0.25) is 0 Å². The van der Waals surface area contributed by atoms with Crippen LogP contribution in [0.3, 0.4) is 0 Å². The van der Waals surface area contributed by atoms with E-state index in [9.17, 15) is 0 Å². The van der Waals surface area contributed by atoms with Crippen LogP contribution in [0.1, 0.15) is 19.4 Å². The zero-order valence-corrected chi connectivity index (χ0v) is 14.7. The van der Waals surface area contributed by atoms with E-state index in [1.54, 1.807) is 7.05 Å². The summed E-state index contributed by atoms with van der Waals surface area (Å²) in [5.74, 6) is 0. The third-order valence-corrected chi connectivity index (χ3v) is 1.46. The Morgan fingerprint density at radius 3 is 1.69 bits per heavy atom. The fraction of sp³-hybridized carbons (Fsp3) is 0.500. The van der Waals surface area contributed by atoms with Crippen LogP contribution in [0.5, 0.6) is 0 Å². The molecule has 0 aliphatic heterocycles. The van der Waals surface area contributed by atoms with Crippen molar-refractivity contribution in [1.82, 2.24) is 0 Å². The van der Waals surface area contributed by atoms with E-state index < -0.39 is 0 Å². The molecule has 0 saturated carbocycles. The van der Waals surface area contributed by atoms with Gasteiger partial charge in [0.25, 0.3) is 0 Å². The molecule has 0 bridgehead atoms. The molecule has 3 heteroatoms. The fourth-order valence-electron chi connectivity index (χ4n) is 0.650. The van der Waals surface area contributed by atoms with E-state index in [4.69, 9.17) is 0 Å². The molecule has 1 nitrogen and oxygen atoms in total. The Morgan fingerprint density at radius 1 is 1.15 bits per heavy atom. The minimum absolute atomic E-state index is 0. The molecule has 0 unspecified atom stereocenters. The van der Waals surface area contributed by atoms with Crippen molar-refractivity contribution in [2.24, 2.45) is 0 Å². The van der Waals surface area contributed by atoms with Gasteiger partial charge >= 0.3 is 26.2 Å². The predicted octanol–water partition coefficient (Wildman–Crippen LogP) is 2.97. The number of nitrogens with zero attached hydrogens (tertiary/aromatic N) is 1. The summed E-state index contributed by atoms with van der Waals surface area (Å²) in [4.78, 5) is 0. The maximum absolute atomic E-state index is 3.74. The second-order valence-electron chi connectivity index (χ2n) is 2.28. The first kappa shape index (κ1) is 19.6. The molecular formula is C10H17HfNZr. The minimum Gasteiger partial charge on any atom is -0.665 e. The summed E-state index contributed by atoms with van der Waals surface area (Å²) in [7, 11) is 1.81. The normalized spacial score (nSPS) is 7.31. The van der Waals surface area contributed by atoms with Gasteiger partial charge in [-0.25, -0.2) is 12.1 Å². The largest absolute Gasteiger partial charge is 2.00 e. The average Bonchev–Trinajstić information content (AvgIpc) is 2.56. The Balaban J connectivity index is -0.000000150. The van der Waals surface area contributed by atoms with Gasteiger partial charge in [-0.3, -0.25) is 0 Å². The smallest absolute Gasteiger partial charge is 0.665 e. The van der Waals surface area contributed by atoms with E-state index in [-0.39, 0.29) is 52.0 Å². The molecule has 0 saturated heterocycles. The molecule has 0 fully saturated rings. The molecule has 1 aromatic rings. The van der Waals surface area contributed by atoms with E-state index in [0.29, 0.717) is 0 Å². The summed E-state index contributed by atoms with van der Waals surface area (Å²) >= 11 is 0. The van der Waals surface area contributed by atoms with Gasteiger partial charge in [0.1, 0.15) is 0 Å². The molecule has 0 atom stereocenters. The Kier molecular flexibility index (Phi) is 23.4. The maximum atomic E-state index is 3.74. The monoisotopic (exact) mass is 421 g/mol. The molecule has 0 spiro atoms. The van der Waals surface area contributed by atoms with Crippen molar-refractivity contribution < 1.29 is 52.0 Å². The van der Waals surface area contributed by atoms with Crippen LogP contribution in [0.15, 0.2) is 24.3 Å². The molecule has 0 heterocycles. The minimum atomic E-state index is 0. The van der Waals surface area contributed by atoms with E-state index in [0.717, 1.165) is 13.0 Å². The summed E-state index contributed by atoms with van der Waals surface area (Å²) in [6.45, 7) is 5.12. The van der Waals surface area contributed by atoms with Gasteiger partial charge in [0.15, 0.2) is 0 Å². The van der Waals surface area contributed by atoms with Crippen LogP contribution < -0.4 is 0 Å². The van der Waals surface area contributed by atoms with E-state index in [1.807, 2.05) is 6.92 Å². The van der Waals surface area contributed by atoms with Gasteiger partial charge in [-0.15, -0.1) is 0 Å². The van der Waals surface area contributed by atoms with Crippen LogP contribution in [-0.2, 0) is 58.5 Å². The molecule has 0 radical (unpaired) electrons. The van der Waals surface area contributed by atoms with Crippen molar-refractivity contribution in [3.63, 3.8) is 0 Å².